The van der Waals surface area contributed by atoms with Crippen LogP contribution in [-0.4, -0.2) is 16.8 Å². The molecule has 106 valence electrons. The zero-order valence-electron chi connectivity index (χ0n) is 11.5. The first kappa shape index (κ1) is 13.4. The predicted molar refractivity (Wildman–Crippen MR) is 82.9 cm³/mol. The van der Waals surface area contributed by atoms with Crippen molar-refractivity contribution >= 4 is 17.4 Å². The Labute approximate surface area is 123 Å². The van der Waals surface area contributed by atoms with Crippen LogP contribution in [0.3, 0.4) is 0 Å². The maximum atomic E-state index is 11.0. The number of carbonyl (C=O) groups is 1. The minimum atomic E-state index is -0.936. The van der Waals surface area contributed by atoms with Crippen molar-refractivity contribution in [3.05, 3.63) is 65.2 Å². The van der Waals surface area contributed by atoms with Crippen molar-refractivity contribution in [2.24, 2.45) is 5.10 Å². The topological polar surface area (TPSA) is 61.7 Å². The van der Waals surface area contributed by atoms with Gasteiger partial charge >= 0.3 is 5.97 Å². The summed E-state index contributed by atoms with van der Waals surface area (Å²) in [4.78, 5) is 11.0. The lowest BCUT2D eigenvalue weighted by atomic mass is 9.90. The van der Waals surface area contributed by atoms with Gasteiger partial charge in [0.15, 0.2) is 0 Å². The summed E-state index contributed by atoms with van der Waals surface area (Å²) in [5.41, 5.74) is 7.45. The van der Waals surface area contributed by atoms with E-state index in [1.165, 1.54) is 11.1 Å². The van der Waals surface area contributed by atoms with Gasteiger partial charge in [-0.3, -0.25) is 5.43 Å². The number of aromatic carboxylic acids is 1. The Bertz CT molecular complexity index is 707. The van der Waals surface area contributed by atoms with Crippen molar-refractivity contribution in [3.63, 3.8) is 0 Å². The second-order valence-electron chi connectivity index (χ2n) is 5.07. The van der Waals surface area contributed by atoms with Crippen molar-refractivity contribution in [2.75, 3.05) is 5.43 Å². The molecule has 0 amide bonds. The molecule has 0 saturated heterocycles. The van der Waals surface area contributed by atoms with Gasteiger partial charge in [-0.05, 0) is 43.0 Å². The van der Waals surface area contributed by atoms with Gasteiger partial charge < -0.3 is 5.11 Å². The molecule has 0 aliphatic heterocycles. The van der Waals surface area contributed by atoms with Crippen molar-refractivity contribution < 1.29 is 9.90 Å². The van der Waals surface area contributed by atoms with E-state index in [1.807, 2.05) is 18.2 Å². The van der Waals surface area contributed by atoms with E-state index in [9.17, 15) is 4.79 Å². The van der Waals surface area contributed by atoms with E-state index in [4.69, 9.17) is 5.11 Å². The maximum absolute atomic E-state index is 11.0. The average molecular weight is 280 g/mol. The van der Waals surface area contributed by atoms with Crippen LogP contribution in [0.1, 0.15) is 34.3 Å². The molecule has 1 aliphatic rings. The molecule has 0 spiro atoms. The lowest BCUT2D eigenvalue weighted by Crippen LogP contribution is -2.13. The van der Waals surface area contributed by atoms with Crippen molar-refractivity contribution in [2.45, 2.75) is 19.3 Å². The van der Waals surface area contributed by atoms with Gasteiger partial charge in [-0.15, -0.1) is 0 Å². The van der Waals surface area contributed by atoms with Gasteiger partial charge in [0, 0.05) is 5.56 Å². The molecule has 0 heterocycles. The summed E-state index contributed by atoms with van der Waals surface area (Å²) in [6.45, 7) is 0. The fraction of sp³-hybridized carbons (Fsp3) is 0.176. The normalized spacial score (nSPS) is 15.5. The second-order valence-corrected chi connectivity index (χ2v) is 5.07. The molecular formula is C17H16N2O2. The van der Waals surface area contributed by atoms with Gasteiger partial charge in [-0.25, -0.2) is 4.79 Å². The molecular weight excluding hydrogens is 264 g/mol. The van der Waals surface area contributed by atoms with E-state index < -0.39 is 5.97 Å². The number of rotatable bonds is 3. The molecule has 0 unspecified atom stereocenters. The van der Waals surface area contributed by atoms with Gasteiger partial charge in [-0.1, -0.05) is 30.3 Å². The molecule has 4 nitrogen and oxygen atoms in total. The van der Waals surface area contributed by atoms with Crippen molar-refractivity contribution in [1.82, 2.24) is 0 Å². The van der Waals surface area contributed by atoms with E-state index in [2.05, 4.69) is 22.7 Å². The van der Waals surface area contributed by atoms with E-state index >= 15 is 0 Å². The molecule has 2 N–H and O–H groups in total. The smallest absolute Gasteiger partial charge is 0.335 e. The molecule has 4 heteroatoms. The first-order chi connectivity index (χ1) is 10.2. The number of nitrogens with one attached hydrogen (secondary N) is 1. The summed E-state index contributed by atoms with van der Waals surface area (Å²) >= 11 is 0. The second kappa shape index (κ2) is 5.79. The van der Waals surface area contributed by atoms with Gasteiger partial charge in [0.25, 0.3) is 0 Å². The van der Waals surface area contributed by atoms with Crippen molar-refractivity contribution in [1.29, 1.82) is 0 Å². The minimum Gasteiger partial charge on any atom is -0.478 e. The monoisotopic (exact) mass is 280 g/mol. The van der Waals surface area contributed by atoms with E-state index in [1.54, 1.807) is 18.2 Å². The molecule has 1 aliphatic carbocycles. The largest absolute Gasteiger partial charge is 0.478 e. The van der Waals surface area contributed by atoms with Gasteiger partial charge in [-0.2, -0.15) is 5.10 Å². The van der Waals surface area contributed by atoms with Crippen LogP contribution in [0.25, 0.3) is 0 Å². The van der Waals surface area contributed by atoms with Gasteiger partial charge in [0.2, 0.25) is 0 Å². The van der Waals surface area contributed by atoms with E-state index in [-0.39, 0.29) is 5.56 Å². The maximum Gasteiger partial charge on any atom is 0.335 e. The van der Waals surface area contributed by atoms with Crippen LogP contribution >= 0.6 is 0 Å². The zero-order chi connectivity index (χ0) is 14.7. The minimum absolute atomic E-state index is 0.254. The Morgan fingerprint density at radius 1 is 1.10 bits per heavy atom. The summed E-state index contributed by atoms with van der Waals surface area (Å²) in [7, 11) is 0. The quantitative estimate of drug-likeness (QED) is 0.845. The molecule has 0 saturated carbocycles. The summed E-state index contributed by atoms with van der Waals surface area (Å²) < 4.78 is 0. The Kier molecular flexibility index (Phi) is 3.69. The van der Waals surface area contributed by atoms with Crippen LogP contribution in [0, 0.1) is 0 Å². The Morgan fingerprint density at radius 3 is 2.81 bits per heavy atom. The summed E-state index contributed by atoms with van der Waals surface area (Å²) in [6.07, 6.45) is 3.11. The molecule has 0 atom stereocenters. The van der Waals surface area contributed by atoms with Crippen LogP contribution in [-0.2, 0) is 6.42 Å². The summed E-state index contributed by atoms with van der Waals surface area (Å²) in [5, 5.41) is 13.5. The third-order valence-electron chi connectivity index (χ3n) is 3.62. The summed E-state index contributed by atoms with van der Waals surface area (Å²) in [6, 6.07) is 15.0. The van der Waals surface area contributed by atoms with Gasteiger partial charge in [0.05, 0.1) is 17.0 Å². The zero-order valence-corrected chi connectivity index (χ0v) is 11.5. The number of nitrogens with zero attached hydrogens (tertiary/aromatic N) is 1. The predicted octanol–water partition coefficient (Wildman–Crippen LogP) is 3.54. The molecule has 2 aromatic carbocycles. The van der Waals surface area contributed by atoms with Crippen molar-refractivity contribution in [3.8, 4) is 0 Å². The van der Waals surface area contributed by atoms with E-state index in [0.717, 1.165) is 25.0 Å². The number of fused-ring (bicyclic) bond motifs is 1. The first-order valence-corrected chi connectivity index (χ1v) is 6.98. The molecule has 0 radical (unpaired) electrons. The highest BCUT2D eigenvalue weighted by Crippen LogP contribution is 2.22. The highest BCUT2D eigenvalue weighted by atomic mass is 16.4. The molecule has 3 rings (SSSR count). The SMILES string of the molecule is O=C(O)c1cccc(N/N=C2\CCCc3ccccc32)c1. The van der Waals surface area contributed by atoms with Crippen LogP contribution in [0.2, 0.25) is 0 Å². The Morgan fingerprint density at radius 2 is 1.95 bits per heavy atom. The third-order valence-corrected chi connectivity index (χ3v) is 3.62. The molecule has 0 aromatic heterocycles. The number of carboxylic acid groups (broad SMARTS) is 1. The fourth-order valence-electron chi connectivity index (χ4n) is 2.57. The molecule has 0 fully saturated rings. The molecule has 2 aromatic rings. The Hall–Kier alpha value is -2.62. The van der Waals surface area contributed by atoms with Crippen LogP contribution in [0.15, 0.2) is 53.6 Å². The molecule has 21 heavy (non-hydrogen) atoms. The standard InChI is InChI=1S/C17H16N2O2/c20-17(21)13-7-3-8-14(11-13)18-19-16-10-4-6-12-5-1-2-9-15(12)16/h1-3,5,7-9,11,18H,4,6,10H2,(H,20,21)/b19-16+. The average Bonchev–Trinajstić information content (AvgIpc) is 2.53. The van der Waals surface area contributed by atoms with Gasteiger partial charge in [0.1, 0.15) is 0 Å². The number of carboxylic acids is 1. The number of anilines is 1. The first-order valence-electron chi connectivity index (χ1n) is 6.98. The summed E-state index contributed by atoms with van der Waals surface area (Å²) in [5.74, 6) is -0.936. The van der Waals surface area contributed by atoms with Crippen LogP contribution in [0.4, 0.5) is 5.69 Å². The number of hydrogen-bond acceptors (Lipinski definition) is 3. The fourth-order valence-corrected chi connectivity index (χ4v) is 2.57. The number of hydrogen-bond donors (Lipinski definition) is 2. The molecule has 0 bridgehead atoms. The highest BCUT2D eigenvalue weighted by Gasteiger charge is 2.14. The van der Waals surface area contributed by atoms with Crippen LogP contribution in [0.5, 0.6) is 0 Å². The lowest BCUT2D eigenvalue weighted by molar-refractivity contribution is 0.0697. The number of hydrazone groups is 1. The third kappa shape index (κ3) is 2.94. The van der Waals surface area contributed by atoms with E-state index in [0.29, 0.717) is 5.69 Å². The number of aryl methyl sites for hydroxylation is 1. The Balaban J connectivity index is 1.84. The highest BCUT2D eigenvalue weighted by molar-refractivity contribution is 6.03. The number of benzene rings is 2. The van der Waals surface area contributed by atoms with Crippen LogP contribution < -0.4 is 5.43 Å². The lowest BCUT2D eigenvalue weighted by Gasteiger charge is -2.17.